The first kappa shape index (κ1) is 21.0. The van der Waals surface area contributed by atoms with Gasteiger partial charge in [0.1, 0.15) is 0 Å². The van der Waals surface area contributed by atoms with Crippen LogP contribution in [0.25, 0.3) is 0 Å². The van der Waals surface area contributed by atoms with Gasteiger partial charge >= 0.3 is 0 Å². The van der Waals surface area contributed by atoms with Crippen molar-refractivity contribution in [2.45, 2.75) is 21.3 Å². The van der Waals surface area contributed by atoms with Crippen molar-refractivity contribution in [3.05, 3.63) is 101 Å². The Labute approximate surface area is 202 Å². The maximum Gasteiger partial charge on any atom is 0.0717 e. The van der Waals surface area contributed by atoms with Gasteiger partial charge in [-0.1, -0.05) is 59.2 Å². The minimum absolute atomic E-state index is 0.966. The molecule has 8 heteroatoms. The van der Waals surface area contributed by atoms with Crippen LogP contribution in [0.4, 0.5) is 0 Å². The monoisotopic (exact) mass is 500 g/mol. The number of nitrogens with zero attached hydrogens (tertiary/aromatic N) is 2. The molecule has 0 spiro atoms. The van der Waals surface area contributed by atoms with Gasteiger partial charge in [0.05, 0.1) is 16.9 Å². The van der Waals surface area contributed by atoms with Gasteiger partial charge < -0.3 is 0 Å². The maximum absolute atomic E-state index is 4.13. The topological polar surface area (TPSA) is 25.8 Å². The molecule has 0 bridgehead atoms. The number of rotatable bonds is 6. The molecule has 2 aromatic heterocycles. The van der Waals surface area contributed by atoms with Crippen LogP contribution in [-0.2, 0) is 11.5 Å². The van der Waals surface area contributed by atoms with Crippen molar-refractivity contribution in [3.63, 3.8) is 0 Å². The molecule has 5 rings (SSSR count). The van der Waals surface area contributed by atoms with Gasteiger partial charge in [-0.25, -0.2) is 0 Å². The molecule has 4 heterocycles. The van der Waals surface area contributed by atoms with E-state index < -0.39 is 0 Å². The third-order valence-electron chi connectivity index (χ3n) is 4.20. The highest BCUT2D eigenvalue weighted by Gasteiger charge is 2.29. The molecule has 0 amide bonds. The zero-order chi connectivity index (χ0) is 20.2. The summed E-state index contributed by atoms with van der Waals surface area (Å²) >= 11 is 11.6. The van der Waals surface area contributed by atoms with Crippen LogP contribution in [0.5, 0.6) is 0 Å². The molecule has 0 N–H and O–H groups in total. The van der Waals surface area contributed by atoms with Crippen LogP contribution < -0.4 is 0 Å². The first-order chi connectivity index (χ1) is 14.8. The second kappa shape index (κ2) is 10.1. The van der Waals surface area contributed by atoms with Gasteiger partial charge in [0.25, 0.3) is 0 Å². The summed E-state index contributed by atoms with van der Waals surface area (Å²) in [6, 6.07) is 17.1. The molecule has 0 atom stereocenters. The lowest BCUT2D eigenvalue weighted by Gasteiger charge is -2.05. The lowest BCUT2D eigenvalue weighted by Crippen LogP contribution is -1.82. The summed E-state index contributed by atoms with van der Waals surface area (Å²) in [6.45, 7) is 0. The van der Waals surface area contributed by atoms with Gasteiger partial charge in [0, 0.05) is 46.1 Å². The Hall–Kier alpha value is -0.900. The standard InChI is InChI=1S/C22H16N2S6/c1-2-4-18-17(3-1)27-21(28-18)22-29-19(25-13-15-5-9-23-10-6-15)20(30-22)26-14-16-7-11-24-12-8-16/h1-12H,13-14H2. The van der Waals surface area contributed by atoms with E-state index >= 15 is 0 Å². The maximum atomic E-state index is 4.13. The van der Waals surface area contributed by atoms with E-state index in [1.807, 2.05) is 95.4 Å². The normalized spacial score (nSPS) is 15.7. The molecule has 30 heavy (non-hydrogen) atoms. The van der Waals surface area contributed by atoms with Crippen LogP contribution in [0.1, 0.15) is 11.1 Å². The van der Waals surface area contributed by atoms with E-state index in [0.717, 1.165) is 11.5 Å². The van der Waals surface area contributed by atoms with Crippen LogP contribution in [0.2, 0.25) is 0 Å². The van der Waals surface area contributed by atoms with Gasteiger partial charge in [0.15, 0.2) is 0 Å². The van der Waals surface area contributed by atoms with Gasteiger partial charge in [-0.3, -0.25) is 9.97 Å². The Kier molecular flexibility index (Phi) is 7.09. The highest BCUT2D eigenvalue weighted by molar-refractivity contribution is 8.41. The third-order valence-corrected chi connectivity index (χ3v) is 12.9. The molecule has 1 aromatic carbocycles. The van der Waals surface area contributed by atoms with E-state index in [2.05, 4.69) is 58.5 Å². The van der Waals surface area contributed by atoms with Crippen molar-refractivity contribution in [1.29, 1.82) is 0 Å². The van der Waals surface area contributed by atoms with Crippen molar-refractivity contribution >= 4 is 70.6 Å². The largest absolute Gasteiger partial charge is 0.265 e. The van der Waals surface area contributed by atoms with E-state index in [1.165, 1.54) is 37.9 Å². The molecule has 2 aliphatic heterocycles. The van der Waals surface area contributed by atoms with Gasteiger partial charge in [-0.2, -0.15) is 0 Å². The SMILES string of the molecule is c1ccc2c(c1)SC(=C1SC(SCc3ccncc3)=C(SCc3ccncc3)S1)S2. The Morgan fingerprint density at radius 3 is 1.47 bits per heavy atom. The zero-order valence-electron chi connectivity index (χ0n) is 15.7. The van der Waals surface area contributed by atoms with Gasteiger partial charge in [-0.05, 0) is 47.5 Å². The summed E-state index contributed by atoms with van der Waals surface area (Å²) < 4.78 is 5.65. The molecule has 0 saturated heterocycles. The molecule has 0 saturated carbocycles. The minimum atomic E-state index is 0.966. The summed E-state index contributed by atoms with van der Waals surface area (Å²) in [5, 5.41) is 0. The molecule has 0 fully saturated rings. The fourth-order valence-corrected chi connectivity index (χ4v) is 11.3. The number of benzene rings is 1. The Balaban J connectivity index is 1.34. The zero-order valence-corrected chi connectivity index (χ0v) is 20.6. The van der Waals surface area contributed by atoms with Crippen LogP contribution in [0.3, 0.4) is 0 Å². The van der Waals surface area contributed by atoms with Crippen LogP contribution in [0, 0.1) is 0 Å². The highest BCUT2D eigenvalue weighted by atomic mass is 32.3. The van der Waals surface area contributed by atoms with E-state index in [4.69, 9.17) is 0 Å². The predicted molar refractivity (Wildman–Crippen MR) is 138 cm³/mol. The number of aromatic nitrogens is 2. The Morgan fingerprint density at radius 2 is 1.00 bits per heavy atom. The first-order valence-corrected chi connectivity index (χ1v) is 14.4. The molecule has 0 aliphatic carbocycles. The molecular formula is C22H16N2S6. The van der Waals surface area contributed by atoms with Crippen LogP contribution >= 0.6 is 70.6 Å². The number of fused-ring (bicyclic) bond motifs is 1. The first-order valence-electron chi connectivity index (χ1n) is 9.17. The van der Waals surface area contributed by atoms with E-state index in [0.29, 0.717) is 0 Å². The van der Waals surface area contributed by atoms with Gasteiger partial charge in [-0.15, -0.1) is 23.5 Å². The summed E-state index contributed by atoms with van der Waals surface area (Å²) in [4.78, 5) is 11.0. The van der Waals surface area contributed by atoms with Crippen molar-refractivity contribution in [2.24, 2.45) is 0 Å². The average molecular weight is 501 g/mol. The minimum Gasteiger partial charge on any atom is -0.265 e. The Morgan fingerprint density at radius 1 is 0.567 bits per heavy atom. The van der Waals surface area contributed by atoms with Crippen molar-refractivity contribution < 1.29 is 0 Å². The number of thioether (sulfide) groups is 6. The lowest BCUT2D eigenvalue weighted by atomic mass is 10.3. The van der Waals surface area contributed by atoms with Crippen LogP contribution in [0.15, 0.2) is 100 Å². The molecule has 0 radical (unpaired) electrons. The fraction of sp³-hybridized carbons (Fsp3) is 0.0909. The van der Waals surface area contributed by atoms with Crippen LogP contribution in [-0.4, -0.2) is 9.97 Å². The number of pyridine rings is 2. The lowest BCUT2D eigenvalue weighted by molar-refractivity contribution is 1.27. The molecule has 3 aromatic rings. The number of hydrogen-bond acceptors (Lipinski definition) is 8. The molecule has 150 valence electrons. The smallest absolute Gasteiger partial charge is 0.0717 e. The fourth-order valence-electron chi connectivity index (χ4n) is 2.71. The number of hydrogen-bond donors (Lipinski definition) is 0. The third kappa shape index (κ3) is 5.11. The van der Waals surface area contributed by atoms with E-state index in [1.54, 1.807) is 0 Å². The summed E-state index contributed by atoms with van der Waals surface area (Å²) in [5.41, 5.74) is 2.62. The second-order valence-corrected chi connectivity index (χ2v) is 13.4. The van der Waals surface area contributed by atoms with Crippen molar-refractivity contribution in [1.82, 2.24) is 9.97 Å². The average Bonchev–Trinajstić information content (AvgIpc) is 3.42. The molecule has 2 aliphatic rings. The van der Waals surface area contributed by atoms with E-state index in [9.17, 15) is 0 Å². The Bertz CT molecular complexity index is 1010. The quantitative estimate of drug-likeness (QED) is 0.333. The summed E-state index contributed by atoms with van der Waals surface area (Å²) in [7, 11) is 0. The molecule has 2 nitrogen and oxygen atoms in total. The summed E-state index contributed by atoms with van der Waals surface area (Å²) in [6.07, 6.45) is 7.49. The van der Waals surface area contributed by atoms with Crippen molar-refractivity contribution in [2.75, 3.05) is 0 Å². The predicted octanol–water partition coefficient (Wildman–Crippen LogP) is 8.27. The van der Waals surface area contributed by atoms with Gasteiger partial charge in [0.2, 0.25) is 0 Å². The van der Waals surface area contributed by atoms with Crippen molar-refractivity contribution in [3.8, 4) is 0 Å². The van der Waals surface area contributed by atoms with E-state index in [-0.39, 0.29) is 0 Å². The molecule has 0 unspecified atom stereocenters. The molecular weight excluding hydrogens is 485 g/mol. The highest BCUT2D eigenvalue weighted by Crippen LogP contribution is 2.64. The summed E-state index contributed by atoms with van der Waals surface area (Å²) in [5.74, 6) is 1.93. The second-order valence-electron chi connectivity index (χ2n) is 6.29.